The maximum atomic E-state index is 6.06. The van der Waals surface area contributed by atoms with Gasteiger partial charge in [0.2, 0.25) is 5.95 Å². The summed E-state index contributed by atoms with van der Waals surface area (Å²) < 4.78 is 12.7. The van der Waals surface area contributed by atoms with E-state index in [1.165, 1.54) is 4.52 Å². The first-order valence-electron chi connectivity index (χ1n) is 8.55. The van der Waals surface area contributed by atoms with Crippen LogP contribution in [-0.2, 0) is 18.0 Å². The third-order valence-electron chi connectivity index (χ3n) is 4.54. The first kappa shape index (κ1) is 17.2. The molecule has 0 radical (unpaired) electrons. The van der Waals surface area contributed by atoms with Crippen molar-refractivity contribution in [2.24, 2.45) is 0 Å². The van der Waals surface area contributed by atoms with Crippen LogP contribution in [0, 0.1) is 13.8 Å². The van der Waals surface area contributed by atoms with Gasteiger partial charge in [-0.25, -0.2) is 9.97 Å². The number of benzene rings is 1. The van der Waals surface area contributed by atoms with Gasteiger partial charge in [-0.15, -0.1) is 5.10 Å². The second-order valence-electron chi connectivity index (χ2n) is 6.27. The van der Waals surface area contributed by atoms with Crippen molar-refractivity contribution >= 4 is 22.5 Å². The highest BCUT2D eigenvalue weighted by Gasteiger charge is 2.14. The highest BCUT2D eigenvalue weighted by Crippen LogP contribution is 2.27. The number of aromatic nitrogens is 5. The van der Waals surface area contributed by atoms with Gasteiger partial charge in [-0.1, -0.05) is 6.07 Å². The standard InChI is InChI=1S/C19H20N6O2/c1-11-7-8-21-12(2)14(11)9-27-10-16-22-18-13-5-4-6-15(26-3)17(13)23-19(20)25(18)24-16/h4-8H,9-10H2,1-3H3,(H2,20,23). The van der Waals surface area contributed by atoms with Gasteiger partial charge < -0.3 is 15.2 Å². The molecule has 2 N–H and O–H groups in total. The topological polar surface area (TPSA) is 100 Å². The molecule has 1 aromatic carbocycles. The summed E-state index contributed by atoms with van der Waals surface area (Å²) >= 11 is 0. The fourth-order valence-corrected chi connectivity index (χ4v) is 3.08. The lowest BCUT2D eigenvalue weighted by molar-refractivity contribution is 0.101. The summed E-state index contributed by atoms with van der Waals surface area (Å²) in [6.45, 7) is 4.73. The molecule has 0 aliphatic rings. The number of methoxy groups -OCH3 is 1. The fourth-order valence-electron chi connectivity index (χ4n) is 3.08. The van der Waals surface area contributed by atoms with Gasteiger partial charge in [0.05, 0.1) is 13.7 Å². The smallest absolute Gasteiger partial charge is 0.223 e. The number of hydrogen-bond donors (Lipinski definition) is 1. The van der Waals surface area contributed by atoms with Crippen LogP contribution in [0.25, 0.3) is 16.6 Å². The van der Waals surface area contributed by atoms with E-state index in [1.807, 2.05) is 38.1 Å². The van der Waals surface area contributed by atoms with Crippen LogP contribution in [0.15, 0.2) is 30.5 Å². The van der Waals surface area contributed by atoms with Crippen molar-refractivity contribution in [3.05, 3.63) is 53.1 Å². The molecular weight excluding hydrogens is 344 g/mol. The average Bonchev–Trinajstić information content (AvgIpc) is 3.09. The number of aryl methyl sites for hydroxylation is 2. The molecule has 3 aromatic heterocycles. The van der Waals surface area contributed by atoms with Gasteiger partial charge in [0.1, 0.15) is 17.9 Å². The van der Waals surface area contributed by atoms with Gasteiger partial charge >= 0.3 is 0 Å². The van der Waals surface area contributed by atoms with Crippen molar-refractivity contribution in [2.45, 2.75) is 27.1 Å². The molecule has 27 heavy (non-hydrogen) atoms. The Balaban J connectivity index is 1.64. The Morgan fingerprint density at radius 2 is 1.96 bits per heavy atom. The first-order chi connectivity index (χ1) is 13.1. The predicted molar refractivity (Wildman–Crippen MR) is 101 cm³/mol. The van der Waals surface area contributed by atoms with E-state index in [2.05, 4.69) is 20.1 Å². The molecule has 8 heteroatoms. The zero-order valence-electron chi connectivity index (χ0n) is 15.4. The molecule has 8 nitrogen and oxygen atoms in total. The minimum atomic E-state index is 0.250. The number of nitrogen functional groups attached to an aromatic ring is 1. The Kier molecular flexibility index (Phi) is 4.33. The Hall–Kier alpha value is -3.26. The monoisotopic (exact) mass is 364 g/mol. The maximum Gasteiger partial charge on any atom is 0.223 e. The van der Waals surface area contributed by atoms with Gasteiger partial charge in [0, 0.05) is 22.8 Å². The largest absolute Gasteiger partial charge is 0.494 e. The maximum absolute atomic E-state index is 6.06. The van der Waals surface area contributed by atoms with Crippen LogP contribution in [-0.4, -0.2) is 31.7 Å². The van der Waals surface area contributed by atoms with Crippen LogP contribution in [0.4, 0.5) is 5.95 Å². The van der Waals surface area contributed by atoms with Crippen LogP contribution >= 0.6 is 0 Å². The lowest BCUT2D eigenvalue weighted by Crippen LogP contribution is -2.04. The van der Waals surface area contributed by atoms with E-state index in [9.17, 15) is 0 Å². The molecule has 0 saturated carbocycles. The summed E-state index contributed by atoms with van der Waals surface area (Å²) in [7, 11) is 1.60. The van der Waals surface area contributed by atoms with Crippen LogP contribution in [0.1, 0.15) is 22.6 Å². The predicted octanol–water partition coefficient (Wildman–Crippen LogP) is 2.60. The molecule has 0 atom stereocenters. The number of rotatable bonds is 5. The summed E-state index contributed by atoms with van der Waals surface area (Å²) in [6, 6.07) is 7.62. The van der Waals surface area contributed by atoms with Gasteiger partial charge in [0.25, 0.3) is 0 Å². The Morgan fingerprint density at radius 1 is 1.11 bits per heavy atom. The van der Waals surface area contributed by atoms with E-state index in [1.54, 1.807) is 13.3 Å². The van der Waals surface area contributed by atoms with Crippen LogP contribution in [0.3, 0.4) is 0 Å². The molecule has 0 fully saturated rings. The number of para-hydroxylation sites is 1. The van der Waals surface area contributed by atoms with E-state index >= 15 is 0 Å². The van der Waals surface area contributed by atoms with Gasteiger partial charge in [-0.05, 0) is 37.6 Å². The number of ether oxygens (including phenoxy) is 2. The second kappa shape index (κ2) is 6.81. The van der Waals surface area contributed by atoms with Gasteiger partial charge in [-0.2, -0.15) is 4.52 Å². The fraction of sp³-hybridized carbons (Fsp3) is 0.263. The summed E-state index contributed by atoms with van der Waals surface area (Å²) in [5.41, 5.74) is 10.5. The van der Waals surface area contributed by atoms with Crippen molar-refractivity contribution in [1.29, 1.82) is 0 Å². The van der Waals surface area contributed by atoms with E-state index in [-0.39, 0.29) is 12.6 Å². The zero-order chi connectivity index (χ0) is 19.0. The van der Waals surface area contributed by atoms with E-state index in [0.717, 1.165) is 22.2 Å². The number of anilines is 1. The van der Waals surface area contributed by atoms with Crippen LogP contribution in [0.2, 0.25) is 0 Å². The molecule has 0 bridgehead atoms. The summed E-state index contributed by atoms with van der Waals surface area (Å²) in [5, 5.41) is 5.25. The first-order valence-corrected chi connectivity index (χ1v) is 8.55. The van der Waals surface area contributed by atoms with Gasteiger partial charge in [-0.3, -0.25) is 4.98 Å². The summed E-state index contributed by atoms with van der Waals surface area (Å²) in [4.78, 5) is 13.3. The molecule has 0 spiro atoms. The third kappa shape index (κ3) is 3.04. The van der Waals surface area contributed by atoms with Crippen molar-refractivity contribution in [1.82, 2.24) is 24.6 Å². The molecule has 4 aromatic rings. The van der Waals surface area contributed by atoms with Gasteiger partial charge in [0.15, 0.2) is 11.5 Å². The van der Waals surface area contributed by atoms with Crippen LogP contribution in [0.5, 0.6) is 5.75 Å². The lowest BCUT2D eigenvalue weighted by Gasteiger charge is -2.08. The van der Waals surface area contributed by atoms with Crippen molar-refractivity contribution in [2.75, 3.05) is 12.8 Å². The normalized spacial score (nSPS) is 11.4. The molecule has 0 aliphatic carbocycles. The van der Waals surface area contributed by atoms with Crippen LogP contribution < -0.4 is 10.5 Å². The summed E-state index contributed by atoms with van der Waals surface area (Å²) in [5.74, 6) is 1.43. The van der Waals surface area contributed by atoms with Crippen molar-refractivity contribution in [3.63, 3.8) is 0 Å². The summed E-state index contributed by atoms with van der Waals surface area (Å²) in [6.07, 6.45) is 1.80. The van der Waals surface area contributed by atoms with Crippen molar-refractivity contribution < 1.29 is 9.47 Å². The molecule has 0 aliphatic heterocycles. The Morgan fingerprint density at radius 3 is 2.74 bits per heavy atom. The van der Waals surface area contributed by atoms with Crippen molar-refractivity contribution in [3.8, 4) is 5.75 Å². The molecule has 138 valence electrons. The molecule has 0 saturated heterocycles. The van der Waals surface area contributed by atoms with E-state index in [4.69, 9.17) is 15.2 Å². The minimum Gasteiger partial charge on any atom is -0.494 e. The molecule has 0 amide bonds. The molecule has 4 rings (SSSR count). The SMILES string of the molecule is COc1cccc2c1nc(N)n1nc(COCc3c(C)ccnc3C)nc21. The minimum absolute atomic E-state index is 0.250. The van der Waals surface area contributed by atoms with E-state index in [0.29, 0.717) is 29.3 Å². The van der Waals surface area contributed by atoms with E-state index < -0.39 is 0 Å². The second-order valence-corrected chi connectivity index (χ2v) is 6.27. The molecular formula is C19H20N6O2. The lowest BCUT2D eigenvalue weighted by atomic mass is 10.1. The highest BCUT2D eigenvalue weighted by atomic mass is 16.5. The third-order valence-corrected chi connectivity index (χ3v) is 4.54. The number of nitrogens with zero attached hydrogens (tertiary/aromatic N) is 5. The number of fused-ring (bicyclic) bond motifs is 3. The zero-order valence-corrected chi connectivity index (χ0v) is 15.4. The molecule has 3 heterocycles. The molecule has 0 unspecified atom stereocenters. The average molecular weight is 364 g/mol. The number of hydrogen-bond acceptors (Lipinski definition) is 7. The number of pyridine rings is 1. The Labute approximate surface area is 156 Å². The quantitative estimate of drug-likeness (QED) is 0.581. The Bertz CT molecular complexity index is 1120. The highest BCUT2D eigenvalue weighted by molar-refractivity contribution is 5.95. The number of nitrogens with two attached hydrogens (primary N) is 1.